The van der Waals surface area contributed by atoms with E-state index in [0.717, 1.165) is 38.3 Å². The molecule has 0 bridgehead atoms. The number of likely N-dealkylation sites (tertiary alicyclic amines) is 1. The lowest BCUT2D eigenvalue weighted by Crippen LogP contribution is -2.45. The van der Waals surface area contributed by atoms with E-state index < -0.39 is 5.41 Å². The number of hydrogen-bond acceptors (Lipinski definition) is 3. The summed E-state index contributed by atoms with van der Waals surface area (Å²) < 4.78 is 0. The highest BCUT2D eigenvalue weighted by Crippen LogP contribution is 2.39. The van der Waals surface area contributed by atoms with Gasteiger partial charge in [-0.15, -0.1) is 0 Å². The molecule has 2 rings (SSSR count). The van der Waals surface area contributed by atoms with E-state index in [1.165, 1.54) is 19.3 Å². The highest BCUT2D eigenvalue weighted by molar-refractivity contribution is 5.81. The van der Waals surface area contributed by atoms with Crippen molar-refractivity contribution in [1.29, 1.82) is 5.26 Å². The van der Waals surface area contributed by atoms with Crippen molar-refractivity contribution in [3.63, 3.8) is 0 Å². The molecule has 4 nitrogen and oxygen atoms in total. The third-order valence-corrected chi connectivity index (χ3v) is 5.35. The summed E-state index contributed by atoms with van der Waals surface area (Å²) in [6.45, 7) is 5.82. The predicted octanol–water partition coefficient (Wildman–Crippen LogP) is 2.29. The summed E-state index contributed by atoms with van der Waals surface area (Å²) in [5.41, 5.74) is 5.13. The van der Waals surface area contributed by atoms with Gasteiger partial charge in [0.15, 0.2) is 0 Å². The van der Waals surface area contributed by atoms with Crippen LogP contribution in [0.4, 0.5) is 0 Å². The Morgan fingerprint density at radius 2 is 2.25 bits per heavy atom. The molecule has 4 atom stereocenters. The monoisotopic (exact) mass is 277 g/mol. The summed E-state index contributed by atoms with van der Waals surface area (Å²) in [5.74, 6) is 0.669. The van der Waals surface area contributed by atoms with Crippen LogP contribution in [0.15, 0.2) is 0 Å². The third-order valence-electron chi connectivity index (χ3n) is 5.35. The first-order valence-electron chi connectivity index (χ1n) is 7.93. The summed E-state index contributed by atoms with van der Waals surface area (Å²) in [5, 5.41) is 9.41. The van der Waals surface area contributed by atoms with Crippen molar-refractivity contribution < 1.29 is 4.79 Å². The van der Waals surface area contributed by atoms with E-state index in [0.29, 0.717) is 6.04 Å². The quantitative estimate of drug-likeness (QED) is 0.857. The molecule has 20 heavy (non-hydrogen) atoms. The molecule has 1 saturated carbocycles. The molecule has 1 aliphatic carbocycles. The molecule has 2 N–H and O–H groups in total. The Labute approximate surface area is 122 Å². The van der Waals surface area contributed by atoms with E-state index in [9.17, 15) is 10.1 Å². The summed E-state index contributed by atoms with van der Waals surface area (Å²) in [4.78, 5) is 14.0. The van der Waals surface area contributed by atoms with Crippen molar-refractivity contribution in [2.24, 2.45) is 23.0 Å². The van der Waals surface area contributed by atoms with Crippen LogP contribution in [0, 0.1) is 28.6 Å². The van der Waals surface area contributed by atoms with Gasteiger partial charge in [-0.25, -0.2) is 0 Å². The van der Waals surface area contributed by atoms with Gasteiger partial charge in [0.05, 0.1) is 17.4 Å². The number of carbonyl (C=O) groups is 1. The minimum absolute atomic E-state index is 0.123. The standard InChI is InChI=1S/C16H27N3O/c1-3-4-12-5-6-13(10-17)14(9-12)19-8-7-16(2,11-19)15(18)20/h12-14H,3-9,11H2,1-2H3,(H2,18,20). The number of carbonyl (C=O) groups excluding carboxylic acids is 1. The zero-order valence-corrected chi connectivity index (χ0v) is 12.8. The van der Waals surface area contributed by atoms with Crippen LogP contribution in [0.5, 0.6) is 0 Å². The van der Waals surface area contributed by atoms with Crippen molar-refractivity contribution in [1.82, 2.24) is 4.90 Å². The maximum absolute atomic E-state index is 11.6. The van der Waals surface area contributed by atoms with E-state index >= 15 is 0 Å². The molecule has 0 aromatic heterocycles. The number of rotatable bonds is 4. The van der Waals surface area contributed by atoms with Crippen LogP contribution in [-0.4, -0.2) is 29.9 Å². The van der Waals surface area contributed by atoms with E-state index in [-0.39, 0.29) is 11.8 Å². The summed E-state index contributed by atoms with van der Waals surface area (Å²) in [6.07, 6.45) is 6.61. The van der Waals surface area contributed by atoms with Crippen molar-refractivity contribution in [2.45, 2.75) is 58.4 Å². The Kier molecular flexibility index (Phi) is 4.70. The summed E-state index contributed by atoms with van der Waals surface area (Å²) >= 11 is 0. The van der Waals surface area contributed by atoms with Gasteiger partial charge in [0.25, 0.3) is 0 Å². The van der Waals surface area contributed by atoms with Crippen LogP contribution >= 0.6 is 0 Å². The normalized spacial score (nSPS) is 38.5. The number of primary amides is 1. The molecule has 0 spiro atoms. The molecule has 4 heteroatoms. The molecule has 1 amide bonds. The van der Waals surface area contributed by atoms with Crippen molar-refractivity contribution in [2.75, 3.05) is 13.1 Å². The second kappa shape index (κ2) is 6.13. The van der Waals surface area contributed by atoms with Crippen LogP contribution < -0.4 is 5.73 Å². The first kappa shape index (κ1) is 15.3. The minimum Gasteiger partial charge on any atom is -0.369 e. The van der Waals surface area contributed by atoms with Gasteiger partial charge in [-0.3, -0.25) is 9.69 Å². The highest BCUT2D eigenvalue weighted by Gasteiger charge is 2.44. The molecule has 2 fully saturated rings. The van der Waals surface area contributed by atoms with Gasteiger partial charge in [0.1, 0.15) is 0 Å². The van der Waals surface area contributed by atoms with Gasteiger partial charge < -0.3 is 5.73 Å². The van der Waals surface area contributed by atoms with Gasteiger partial charge in [-0.1, -0.05) is 19.8 Å². The maximum Gasteiger partial charge on any atom is 0.224 e. The lowest BCUT2D eigenvalue weighted by Gasteiger charge is -2.39. The van der Waals surface area contributed by atoms with Crippen LogP contribution in [0.1, 0.15) is 52.4 Å². The van der Waals surface area contributed by atoms with Gasteiger partial charge >= 0.3 is 0 Å². The van der Waals surface area contributed by atoms with Crippen LogP contribution in [0.2, 0.25) is 0 Å². The fourth-order valence-electron chi connectivity index (χ4n) is 3.94. The van der Waals surface area contributed by atoms with Crippen LogP contribution in [-0.2, 0) is 4.79 Å². The number of nitriles is 1. The van der Waals surface area contributed by atoms with E-state index in [1.807, 2.05) is 6.92 Å². The van der Waals surface area contributed by atoms with Crippen molar-refractivity contribution in [3.8, 4) is 6.07 Å². The number of nitrogens with zero attached hydrogens (tertiary/aromatic N) is 2. The zero-order chi connectivity index (χ0) is 14.8. The lowest BCUT2D eigenvalue weighted by atomic mass is 9.76. The zero-order valence-electron chi connectivity index (χ0n) is 12.8. The Balaban J connectivity index is 2.05. The third kappa shape index (κ3) is 2.98. The number of hydrogen-bond donors (Lipinski definition) is 1. The molecule has 4 unspecified atom stereocenters. The average Bonchev–Trinajstić information content (AvgIpc) is 2.83. The highest BCUT2D eigenvalue weighted by atomic mass is 16.1. The molecule has 0 aromatic carbocycles. The number of nitrogens with two attached hydrogens (primary N) is 1. The molecule has 1 heterocycles. The van der Waals surface area contributed by atoms with Gasteiger partial charge in [-0.05, 0) is 45.1 Å². The first-order chi connectivity index (χ1) is 9.50. The molecule has 0 radical (unpaired) electrons. The van der Waals surface area contributed by atoms with Crippen LogP contribution in [0.3, 0.4) is 0 Å². The van der Waals surface area contributed by atoms with Crippen molar-refractivity contribution in [3.05, 3.63) is 0 Å². The van der Waals surface area contributed by atoms with Crippen LogP contribution in [0.25, 0.3) is 0 Å². The first-order valence-corrected chi connectivity index (χ1v) is 7.93. The van der Waals surface area contributed by atoms with E-state index in [1.54, 1.807) is 0 Å². The molecular formula is C16H27N3O. The maximum atomic E-state index is 11.6. The van der Waals surface area contributed by atoms with Crippen molar-refractivity contribution >= 4 is 5.91 Å². The number of amides is 1. The lowest BCUT2D eigenvalue weighted by molar-refractivity contribution is -0.126. The Morgan fingerprint density at radius 3 is 2.80 bits per heavy atom. The molecule has 0 aromatic rings. The Morgan fingerprint density at radius 1 is 1.50 bits per heavy atom. The Hall–Kier alpha value is -1.08. The molecule has 2 aliphatic rings. The van der Waals surface area contributed by atoms with E-state index in [4.69, 9.17) is 5.73 Å². The molecular weight excluding hydrogens is 250 g/mol. The smallest absolute Gasteiger partial charge is 0.224 e. The molecule has 1 aliphatic heterocycles. The fraction of sp³-hybridized carbons (Fsp3) is 0.875. The average molecular weight is 277 g/mol. The molecule has 112 valence electrons. The summed E-state index contributed by atoms with van der Waals surface area (Å²) in [6, 6.07) is 2.82. The van der Waals surface area contributed by atoms with Gasteiger partial charge in [0.2, 0.25) is 5.91 Å². The fourth-order valence-corrected chi connectivity index (χ4v) is 3.94. The topological polar surface area (TPSA) is 70.1 Å². The summed E-state index contributed by atoms with van der Waals surface area (Å²) in [7, 11) is 0. The van der Waals surface area contributed by atoms with Gasteiger partial charge in [-0.2, -0.15) is 5.26 Å². The SMILES string of the molecule is CCCC1CCC(C#N)C(N2CCC(C)(C(N)=O)C2)C1. The molecule has 1 saturated heterocycles. The van der Waals surface area contributed by atoms with Gasteiger partial charge in [0, 0.05) is 12.6 Å². The minimum atomic E-state index is -0.405. The Bertz CT molecular complexity index is 403. The second-order valence-electron chi connectivity index (χ2n) is 6.92. The predicted molar refractivity (Wildman–Crippen MR) is 78.6 cm³/mol. The second-order valence-corrected chi connectivity index (χ2v) is 6.92. The van der Waals surface area contributed by atoms with E-state index in [2.05, 4.69) is 17.9 Å². The largest absolute Gasteiger partial charge is 0.369 e.